The predicted octanol–water partition coefficient (Wildman–Crippen LogP) is 1.68. The van der Waals surface area contributed by atoms with Gasteiger partial charge in [-0.1, -0.05) is 19.3 Å². The molecule has 6 heteroatoms. The average Bonchev–Trinajstić information content (AvgIpc) is 3.17. The fraction of sp³-hybridized carbons (Fsp3) is 0.875. The van der Waals surface area contributed by atoms with Crippen molar-refractivity contribution in [1.29, 1.82) is 0 Å². The third-order valence-electron chi connectivity index (χ3n) is 5.53. The number of β-amino-alcohol motifs (C(OH)–C–C–N with tert-alkyl or cyclic N) is 1. The molecule has 1 aromatic rings. The minimum Gasteiger partial charge on any atom is -0.385 e. The number of hydrogen-bond acceptors (Lipinski definition) is 5. The fourth-order valence-corrected chi connectivity index (χ4v) is 4.22. The van der Waals surface area contributed by atoms with Crippen LogP contribution in [0.25, 0.3) is 0 Å². The zero-order valence-corrected chi connectivity index (χ0v) is 13.6. The summed E-state index contributed by atoms with van der Waals surface area (Å²) in [5.74, 6) is 0. The minimum absolute atomic E-state index is 0.364. The Morgan fingerprint density at radius 2 is 2.14 bits per heavy atom. The molecule has 1 saturated carbocycles. The van der Waals surface area contributed by atoms with Gasteiger partial charge in [-0.15, -0.1) is 0 Å². The highest BCUT2D eigenvalue weighted by atomic mass is 16.5. The summed E-state index contributed by atoms with van der Waals surface area (Å²) in [5, 5.41) is 21.4. The first-order valence-electron chi connectivity index (χ1n) is 8.46. The van der Waals surface area contributed by atoms with E-state index in [2.05, 4.69) is 20.3 Å². The molecule has 1 unspecified atom stereocenters. The summed E-state index contributed by atoms with van der Waals surface area (Å²) in [7, 11) is 1.79. The summed E-state index contributed by atoms with van der Waals surface area (Å²) in [6.07, 6.45) is 10.1. The van der Waals surface area contributed by atoms with Gasteiger partial charge in [-0.3, -0.25) is 4.90 Å². The first kappa shape index (κ1) is 15.9. The molecule has 22 heavy (non-hydrogen) atoms. The summed E-state index contributed by atoms with van der Waals surface area (Å²) in [6, 6.07) is 0. The van der Waals surface area contributed by atoms with Gasteiger partial charge in [0.25, 0.3) is 0 Å². The van der Waals surface area contributed by atoms with Crippen LogP contribution < -0.4 is 0 Å². The first-order chi connectivity index (χ1) is 10.7. The lowest BCUT2D eigenvalue weighted by atomic mass is 9.71. The Hall–Kier alpha value is -0.980. The van der Waals surface area contributed by atoms with E-state index >= 15 is 0 Å². The molecule has 2 heterocycles. The van der Waals surface area contributed by atoms with E-state index in [1.54, 1.807) is 13.3 Å². The molecular formula is C16H28N4O2. The van der Waals surface area contributed by atoms with Gasteiger partial charge < -0.3 is 9.84 Å². The van der Waals surface area contributed by atoms with E-state index in [1.807, 2.05) is 0 Å². The second-order valence-electron chi connectivity index (χ2n) is 7.15. The number of nitrogens with one attached hydrogen (secondary N) is 1. The summed E-state index contributed by atoms with van der Waals surface area (Å²) in [5.41, 5.74) is 0.192. The van der Waals surface area contributed by atoms with Crippen LogP contribution in [-0.4, -0.2) is 58.8 Å². The number of hydrogen-bond donors (Lipinski definition) is 2. The Bertz CT molecular complexity index is 459. The molecule has 124 valence electrons. The number of aliphatic hydroxyl groups is 1. The van der Waals surface area contributed by atoms with Crippen molar-refractivity contribution in [3.8, 4) is 0 Å². The zero-order valence-electron chi connectivity index (χ0n) is 13.6. The molecule has 2 fully saturated rings. The summed E-state index contributed by atoms with van der Waals surface area (Å²) >= 11 is 0. The quantitative estimate of drug-likeness (QED) is 0.836. The minimum atomic E-state index is -0.843. The van der Waals surface area contributed by atoms with Gasteiger partial charge >= 0.3 is 0 Å². The highest BCUT2D eigenvalue weighted by Gasteiger charge is 2.43. The lowest BCUT2D eigenvalue weighted by Crippen LogP contribution is -2.40. The van der Waals surface area contributed by atoms with Gasteiger partial charge in [-0.2, -0.15) is 15.4 Å². The number of likely N-dealkylation sites (tertiary alicyclic amines) is 1. The maximum absolute atomic E-state index is 10.8. The maximum atomic E-state index is 10.8. The normalized spacial score (nSPS) is 29.0. The topological polar surface area (TPSA) is 74.3 Å². The van der Waals surface area contributed by atoms with E-state index in [9.17, 15) is 5.11 Å². The zero-order chi connectivity index (χ0) is 15.5. The third kappa shape index (κ3) is 3.34. The van der Waals surface area contributed by atoms with Crippen LogP contribution in [0.5, 0.6) is 0 Å². The molecule has 2 N–H and O–H groups in total. The standard InChI is InChI=1S/C16H28N4O2/c1-22-10-8-15(5-3-2-4-6-15)12-20-9-7-16(21,13-20)14-11-17-19-18-14/h11,21H,2-10,12-13H2,1H3,(H,17,18,19). The van der Waals surface area contributed by atoms with Crippen LogP contribution in [0.2, 0.25) is 0 Å². The molecule has 3 rings (SSSR count). The number of ether oxygens (including phenoxy) is 1. The van der Waals surface area contributed by atoms with Crippen molar-refractivity contribution >= 4 is 0 Å². The number of methoxy groups -OCH3 is 1. The van der Waals surface area contributed by atoms with Crippen molar-refractivity contribution < 1.29 is 9.84 Å². The second-order valence-corrected chi connectivity index (χ2v) is 7.15. The largest absolute Gasteiger partial charge is 0.385 e. The Balaban J connectivity index is 1.64. The molecule has 0 aromatic carbocycles. The number of aromatic amines is 1. The van der Waals surface area contributed by atoms with Crippen LogP contribution in [-0.2, 0) is 10.3 Å². The molecule has 0 amide bonds. The molecule has 0 spiro atoms. The van der Waals surface area contributed by atoms with Crippen molar-refractivity contribution in [2.24, 2.45) is 5.41 Å². The fourth-order valence-electron chi connectivity index (χ4n) is 4.22. The van der Waals surface area contributed by atoms with Crippen LogP contribution in [0.3, 0.4) is 0 Å². The van der Waals surface area contributed by atoms with Crippen molar-refractivity contribution in [3.63, 3.8) is 0 Å². The number of nitrogens with zero attached hydrogens (tertiary/aromatic N) is 3. The van der Waals surface area contributed by atoms with Crippen molar-refractivity contribution in [2.75, 3.05) is 33.4 Å². The summed E-state index contributed by atoms with van der Waals surface area (Å²) in [4.78, 5) is 2.41. The molecule has 2 aliphatic rings. The van der Waals surface area contributed by atoms with E-state index in [4.69, 9.17) is 4.74 Å². The second kappa shape index (κ2) is 6.64. The maximum Gasteiger partial charge on any atom is 0.124 e. The molecule has 1 atom stereocenters. The Labute approximate surface area is 132 Å². The molecule has 1 saturated heterocycles. The van der Waals surface area contributed by atoms with Crippen LogP contribution >= 0.6 is 0 Å². The summed E-state index contributed by atoms with van der Waals surface area (Å²) < 4.78 is 5.34. The van der Waals surface area contributed by atoms with Crippen LogP contribution in [0.4, 0.5) is 0 Å². The van der Waals surface area contributed by atoms with Gasteiger partial charge in [0.05, 0.1) is 6.20 Å². The van der Waals surface area contributed by atoms with Crippen LogP contribution in [0.15, 0.2) is 6.20 Å². The Kier molecular flexibility index (Phi) is 4.80. The van der Waals surface area contributed by atoms with Gasteiger partial charge in [-0.05, 0) is 31.1 Å². The van der Waals surface area contributed by atoms with Crippen LogP contribution in [0.1, 0.15) is 50.6 Å². The monoisotopic (exact) mass is 308 g/mol. The molecule has 1 aliphatic carbocycles. The number of aromatic nitrogens is 3. The van der Waals surface area contributed by atoms with Crippen molar-refractivity contribution in [3.05, 3.63) is 11.9 Å². The van der Waals surface area contributed by atoms with E-state index in [0.29, 0.717) is 17.7 Å². The molecule has 1 aromatic heterocycles. The average molecular weight is 308 g/mol. The van der Waals surface area contributed by atoms with Crippen LogP contribution in [0, 0.1) is 5.41 Å². The highest BCUT2D eigenvalue weighted by molar-refractivity contribution is 5.10. The van der Waals surface area contributed by atoms with Gasteiger partial charge in [-0.25, -0.2) is 0 Å². The summed E-state index contributed by atoms with van der Waals surface area (Å²) in [6.45, 7) is 3.49. The SMILES string of the molecule is COCCC1(CN2CCC(O)(c3cn[nH]n3)C2)CCCCC1. The Morgan fingerprint density at radius 3 is 2.82 bits per heavy atom. The molecule has 0 bridgehead atoms. The predicted molar refractivity (Wildman–Crippen MR) is 83.3 cm³/mol. The molecule has 1 aliphatic heterocycles. The van der Waals surface area contributed by atoms with E-state index < -0.39 is 5.60 Å². The van der Waals surface area contributed by atoms with Gasteiger partial charge in [0.15, 0.2) is 0 Å². The number of rotatable bonds is 6. The smallest absolute Gasteiger partial charge is 0.124 e. The Morgan fingerprint density at radius 1 is 1.32 bits per heavy atom. The molecule has 0 radical (unpaired) electrons. The van der Waals surface area contributed by atoms with Gasteiger partial charge in [0.2, 0.25) is 0 Å². The highest BCUT2D eigenvalue weighted by Crippen LogP contribution is 2.42. The van der Waals surface area contributed by atoms with E-state index in [0.717, 1.165) is 32.5 Å². The molecular weight excluding hydrogens is 280 g/mol. The van der Waals surface area contributed by atoms with Crippen molar-refractivity contribution in [2.45, 2.75) is 50.5 Å². The number of H-pyrrole nitrogens is 1. The third-order valence-corrected chi connectivity index (χ3v) is 5.53. The lowest BCUT2D eigenvalue weighted by molar-refractivity contribution is 0.0253. The van der Waals surface area contributed by atoms with E-state index in [1.165, 1.54) is 32.1 Å². The first-order valence-corrected chi connectivity index (χ1v) is 8.46. The van der Waals surface area contributed by atoms with E-state index in [-0.39, 0.29) is 0 Å². The van der Waals surface area contributed by atoms with Gasteiger partial charge in [0, 0.05) is 33.4 Å². The van der Waals surface area contributed by atoms with Crippen molar-refractivity contribution in [1.82, 2.24) is 20.3 Å². The molecule has 6 nitrogen and oxygen atoms in total. The lowest BCUT2D eigenvalue weighted by Gasteiger charge is -2.40. The van der Waals surface area contributed by atoms with Gasteiger partial charge in [0.1, 0.15) is 11.3 Å².